The van der Waals surface area contributed by atoms with Gasteiger partial charge in [-0.1, -0.05) is 0 Å². The van der Waals surface area contributed by atoms with Crippen molar-refractivity contribution in [1.29, 1.82) is 0 Å². The Kier molecular flexibility index (Phi) is 7.21. The van der Waals surface area contributed by atoms with Crippen LogP contribution in [0.4, 0.5) is 27.9 Å². The van der Waals surface area contributed by atoms with Crippen molar-refractivity contribution in [3.8, 4) is 17.0 Å². The number of hydrogen-bond acceptors (Lipinski definition) is 7. The van der Waals surface area contributed by atoms with Crippen LogP contribution in [0.3, 0.4) is 0 Å². The number of aliphatic hydroxyl groups excluding tert-OH is 1. The highest BCUT2D eigenvalue weighted by Gasteiger charge is 2.32. The van der Waals surface area contributed by atoms with Crippen LogP contribution in [0.25, 0.3) is 11.3 Å². The first-order valence-corrected chi connectivity index (χ1v) is 9.65. The first-order valence-electron chi connectivity index (χ1n) is 9.65. The van der Waals surface area contributed by atoms with Crippen molar-refractivity contribution in [2.24, 2.45) is 0 Å². The zero-order valence-electron chi connectivity index (χ0n) is 16.7. The van der Waals surface area contributed by atoms with Gasteiger partial charge in [-0.3, -0.25) is 4.90 Å². The molecule has 2 heterocycles. The second-order valence-corrected chi connectivity index (χ2v) is 7.16. The van der Waals surface area contributed by atoms with Crippen molar-refractivity contribution < 1.29 is 31.8 Å². The molecule has 1 fully saturated rings. The fraction of sp³-hybridized carbons (Fsp3) is 0.526. The molecular weight excluding hydrogens is 425 g/mol. The summed E-state index contributed by atoms with van der Waals surface area (Å²) in [7, 11) is 0. The topological polar surface area (TPSA) is 83.4 Å². The molecule has 1 aromatic heterocycles. The van der Waals surface area contributed by atoms with Crippen LogP contribution in [0.1, 0.15) is 24.1 Å². The number of nitrogens with one attached hydrogen (secondary N) is 1. The zero-order chi connectivity index (χ0) is 22.6. The monoisotopic (exact) mass is 447 g/mol. The molecule has 170 valence electrons. The number of likely N-dealkylation sites (tertiary alicyclic amines) is 1. The molecule has 0 aliphatic carbocycles. The molecule has 1 aromatic carbocycles. The molecule has 0 amide bonds. The van der Waals surface area contributed by atoms with Crippen LogP contribution in [-0.4, -0.2) is 64.1 Å². The van der Waals surface area contributed by atoms with E-state index in [1.54, 1.807) is 6.92 Å². The number of ether oxygens (including phenoxy) is 1. The van der Waals surface area contributed by atoms with E-state index in [9.17, 15) is 22.0 Å². The number of rotatable bonds is 7. The number of benzene rings is 1. The van der Waals surface area contributed by atoms with E-state index in [0.717, 1.165) is 31.5 Å². The second kappa shape index (κ2) is 9.69. The highest BCUT2D eigenvalue weighted by atomic mass is 19.4. The summed E-state index contributed by atoms with van der Waals surface area (Å²) in [5.74, 6) is -0.433. The van der Waals surface area contributed by atoms with Crippen LogP contribution < -0.4 is 10.1 Å². The maximum atomic E-state index is 13.0. The van der Waals surface area contributed by atoms with E-state index in [0.29, 0.717) is 24.8 Å². The molecule has 12 heteroatoms. The van der Waals surface area contributed by atoms with Gasteiger partial charge in [0.05, 0.1) is 17.9 Å². The summed E-state index contributed by atoms with van der Waals surface area (Å²) in [4.78, 5) is 6.39. The number of piperidine rings is 1. The Labute approximate surface area is 175 Å². The van der Waals surface area contributed by atoms with Gasteiger partial charge in [0.15, 0.2) is 0 Å². The molecule has 0 unspecified atom stereocenters. The molecule has 2 N–H and O–H groups in total. The predicted octanol–water partition coefficient (Wildman–Crippen LogP) is 3.34. The minimum absolute atomic E-state index is 0.0381. The summed E-state index contributed by atoms with van der Waals surface area (Å²) in [6.45, 7) is 0.452. The van der Waals surface area contributed by atoms with Gasteiger partial charge < -0.3 is 15.2 Å². The Balaban J connectivity index is 1.84. The van der Waals surface area contributed by atoms with Crippen LogP contribution >= 0.6 is 0 Å². The maximum Gasteiger partial charge on any atom is 0.416 e. The molecule has 31 heavy (non-hydrogen) atoms. The molecule has 0 saturated carbocycles. The normalized spacial score (nSPS) is 17.7. The molecule has 7 nitrogen and oxygen atoms in total. The minimum atomic E-state index is -4.71. The lowest BCUT2D eigenvalue weighted by Crippen LogP contribution is -2.43. The molecule has 1 aliphatic heterocycles. The third-order valence-corrected chi connectivity index (χ3v) is 4.90. The molecule has 1 saturated heterocycles. The number of anilines is 1. The van der Waals surface area contributed by atoms with E-state index >= 15 is 0 Å². The molecule has 0 spiro atoms. The van der Waals surface area contributed by atoms with E-state index in [4.69, 9.17) is 5.11 Å². The molecule has 2 aromatic rings. The highest BCUT2D eigenvalue weighted by molar-refractivity contribution is 5.69. The highest BCUT2D eigenvalue weighted by Crippen LogP contribution is 2.37. The number of halogens is 5. The van der Waals surface area contributed by atoms with Gasteiger partial charge in [-0.2, -0.15) is 22.0 Å². The van der Waals surface area contributed by atoms with Gasteiger partial charge in [0.2, 0.25) is 5.95 Å². The van der Waals surface area contributed by atoms with E-state index in [-0.39, 0.29) is 29.9 Å². The van der Waals surface area contributed by atoms with Crippen molar-refractivity contribution in [3.63, 3.8) is 0 Å². The van der Waals surface area contributed by atoms with Crippen molar-refractivity contribution in [3.05, 3.63) is 29.5 Å². The molecule has 1 aliphatic rings. The average Bonchev–Trinajstić information content (AvgIpc) is 2.68. The van der Waals surface area contributed by atoms with E-state index in [2.05, 4.69) is 30.1 Å². The van der Waals surface area contributed by atoms with E-state index < -0.39 is 24.1 Å². The van der Waals surface area contributed by atoms with Crippen LogP contribution in [-0.2, 0) is 6.18 Å². The third kappa shape index (κ3) is 5.97. The Hall–Kier alpha value is -2.60. The summed E-state index contributed by atoms with van der Waals surface area (Å²) < 4.78 is 68.7. The van der Waals surface area contributed by atoms with Gasteiger partial charge in [-0.15, -0.1) is 10.2 Å². The van der Waals surface area contributed by atoms with Gasteiger partial charge in [0, 0.05) is 24.7 Å². The predicted molar refractivity (Wildman–Crippen MR) is 102 cm³/mol. The third-order valence-electron chi connectivity index (χ3n) is 4.90. The molecule has 1 atom stereocenters. The van der Waals surface area contributed by atoms with Gasteiger partial charge in [-0.25, -0.2) is 4.98 Å². The van der Waals surface area contributed by atoms with Gasteiger partial charge >= 0.3 is 12.8 Å². The van der Waals surface area contributed by atoms with Crippen molar-refractivity contribution in [1.82, 2.24) is 20.1 Å². The van der Waals surface area contributed by atoms with Crippen LogP contribution in [0.15, 0.2) is 18.2 Å². The largest absolute Gasteiger partial charge is 0.434 e. The first kappa shape index (κ1) is 23.1. The molecular formula is C19H22F5N5O2. The summed E-state index contributed by atoms with van der Waals surface area (Å²) in [5, 5.41) is 20.2. The number of β-amino-alcohol motifs (C(OH)–C–C–N with tert-alkyl or cyclic N) is 1. The van der Waals surface area contributed by atoms with Crippen LogP contribution in [0.2, 0.25) is 0 Å². The smallest absolute Gasteiger partial charge is 0.416 e. The van der Waals surface area contributed by atoms with Crippen LogP contribution in [0, 0.1) is 6.92 Å². The average molecular weight is 447 g/mol. The zero-order valence-corrected chi connectivity index (χ0v) is 16.7. The molecule has 0 bridgehead atoms. The Morgan fingerprint density at radius 1 is 1.29 bits per heavy atom. The summed E-state index contributed by atoms with van der Waals surface area (Å²) in [5.41, 5.74) is -0.850. The Morgan fingerprint density at radius 2 is 2.06 bits per heavy atom. The summed E-state index contributed by atoms with van der Waals surface area (Å²) in [6.07, 6.45) is -2.91. The Morgan fingerprint density at radius 3 is 2.71 bits per heavy atom. The standard InChI is InChI=1S/C19H22F5N5O2/c1-11-16(14-5-4-12(19(22,23)24)9-15(14)31-17(20)21)27-28-18(25-11)26-13-3-2-6-29(10-13)7-8-30/h4-5,9,13,17,30H,2-3,6-8,10H2,1H3,(H,25,26,28)/t13-/m1/s1. The minimum Gasteiger partial charge on any atom is -0.434 e. The molecule has 3 rings (SSSR count). The molecule has 0 radical (unpaired) electrons. The number of nitrogens with zero attached hydrogens (tertiary/aromatic N) is 4. The van der Waals surface area contributed by atoms with Crippen molar-refractivity contribution in [2.45, 2.75) is 38.6 Å². The fourth-order valence-corrected chi connectivity index (χ4v) is 3.50. The summed E-state index contributed by atoms with van der Waals surface area (Å²) in [6, 6.07) is 2.32. The van der Waals surface area contributed by atoms with E-state index in [1.165, 1.54) is 0 Å². The quantitative estimate of drug-likeness (QED) is 0.630. The SMILES string of the molecule is Cc1nc(N[C@@H]2CCCN(CCO)C2)nnc1-c1ccc(C(F)(F)F)cc1OC(F)F. The lowest BCUT2D eigenvalue weighted by atomic mass is 10.1. The summed E-state index contributed by atoms with van der Waals surface area (Å²) >= 11 is 0. The number of aryl methyl sites for hydroxylation is 1. The lowest BCUT2D eigenvalue weighted by Gasteiger charge is -2.32. The van der Waals surface area contributed by atoms with E-state index in [1.807, 2.05) is 0 Å². The van der Waals surface area contributed by atoms with Crippen molar-refractivity contribution in [2.75, 3.05) is 31.6 Å². The number of alkyl halides is 5. The number of hydrogen-bond donors (Lipinski definition) is 2. The van der Waals surface area contributed by atoms with Gasteiger partial charge in [0.1, 0.15) is 11.4 Å². The first-order chi connectivity index (χ1) is 14.7. The number of aliphatic hydroxyl groups is 1. The van der Waals surface area contributed by atoms with Crippen molar-refractivity contribution >= 4 is 5.95 Å². The maximum absolute atomic E-state index is 13.0. The van der Waals surface area contributed by atoms with Gasteiger partial charge in [-0.05, 0) is 44.5 Å². The second-order valence-electron chi connectivity index (χ2n) is 7.16. The lowest BCUT2D eigenvalue weighted by molar-refractivity contribution is -0.138. The Bertz CT molecular complexity index is 894. The van der Waals surface area contributed by atoms with Gasteiger partial charge in [0.25, 0.3) is 0 Å². The fourth-order valence-electron chi connectivity index (χ4n) is 3.50. The number of aromatic nitrogens is 3. The van der Waals surface area contributed by atoms with Crippen LogP contribution in [0.5, 0.6) is 5.75 Å².